The first-order chi connectivity index (χ1) is 9.15. The highest BCUT2D eigenvalue weighted by atomic mass is 127. The predicted molar refractivity (Wildman–Crippen MR) is 85.2 cm³/mol. The van der Waals surface area contributed by atoms with Crippen molar-refractivity contribution in [2.75, 3.05) is 0 Å². The van der Waals surface area contributed by atoms with Crippen LogP contribution in [0.5, 0.6) is 0 Å². The lowest BCUT2D eigenvalue weighted by Gasteiger charge is -2.07. The van der Waals surface area contributed by atoms with Crippen LogP contribution in [0.3, 0.4) is 0 Å². The minimum Gasteiger partial charge on any atom is -0.253 e. The molecule has 94 valence electrons. The molecule has 0 aliphatic rings. The predicted octanol–water partition coefficient (Wildman–Crippen LogP) is 4.26. The normalized spacial score (nSPS) is 10.9. The van der Waals surface area contributed by atoms with Crippen LogP contribution in [-0.4, -0.2) is 15.0 Å². The lowest BCUT2D eigenvalue weighted by molar-refractivity contribution is 1.15. The lowest BCUT2D eigenvalue weighted by atomic mass is 10.1. The van der Waals surface area contributed by atoms with E-state index in [-0.39, 0.29) is 0 Å². The molecule has 0 radical (unpaired) electrons. The number of halogens is 2. The fourth-order valence-corrected chi connectivity index (χ4v) is 2.36. The Morgan fingerprint density at radius 3 is 2.74 bits per heavy atom. The van der Waals surface area contributed by atoms with Crippen LogP contribution in [0.15, 0.2) is 36.5 Å². The van der Waals surface area contributed by atoms with E-state index in [1.807, 2.05) is 37.3 Å². The Kier molecular flexibility index (Phi) is 3.36. The number of nitrogens with zero attached hydrogens (tertiary/aromatic N) is 3. The monoisotopic (exact) mass is 381 g/mol. The molecule has 3 aromatic rings. The number of fused-ring (bicyclic) bond motifs is 1. The third-order valence-corrected chi connectivity index (χ3v) is 4.18. The molecule has 19 heavy (non-hydrogen) atoms. The smallest absolute Gasteiger partial charge is 0.161 e. The Hall–Kier alpha value is -1.27. The van der Waals surface area contributed by atoms with Crippen molar-refractivity contribution in [1.82, 2.24) is 15.0 Å². The maximum atomic E-state index is 6.08. The summed E-state index contributed by atoms with van der Waals surface area (Å²) >= 11 is 8.20. The molecular weight excluding hydrogens is 373 g/mol. The minimum absolute atomic E-state index is 0.476. The van der Waals surface area contributed by atoms with E-state index >= 15 is 0 Å². The molecule has 0 aliphatic carbocycles. The van der Waals surface area contributed by atoms with E-state index in [1.165, 1.54) is 0 Å². The Balaban J connectivity index is 2.32. The van der Waals surface area contributed by atoms with Gasteiger partial charge in [0.05, 0.1) is 9.09 Å². The molecule has 0 aliphatic heterocycles. The highest BCUT2D eigenvalue weighted by Crippen LogP contribution is 2.27. The Bertz CT molecular complexity index is 774. The summed E-state index contributed by atoms with van der Waals surface area (Å²) in [7, 11) is 0. The van der Waals surface area contributed by atoms with Crippen LogP contribution in [0.4, 0.5) is 0 Å². The molecule has 3 nitrogen and oxygen atoms in total. The fraction of sp³-hybridized carbons (Fsp3) is 0.0714. The van der Waals surface area contributed by atoms with Crippen LogP contribution in [0.2, 0.25) is 5.15 Å². The maximum absolute atomic E-state index is 6.08. The molecule has 2 aromatic heterocycles. The Morgan fingerprint density at radius 2 is 1.95 bits per heavy atom. The van der Waals surface area contributed by atoms with Crippen molar-refractivity contribution in [3.05, 3.63) is 50.9 Å². The highest BCUT2D eigenvalue weighted by molar-refractivity contribution is 14.1. The zero-order valence-electron chi connectivity index (χ0n) is 10.1. The van der Waals surface area contributed by atoms with Crippen LogP contribution in [0, 0.1) is 10.5 Å². The first kappa shape index (κ1) is 12.7. The molecule has 2 heterocycles. The third kappa shape index (κ3) is 2.42. The maximum Gasteiger partial charge on any atom is 0.161 e. The molecule has 0 N–H and O–H groups in total. The highest BCUT2D eigenvalue weighted by Gasteiger charge is 2.10. The second-order valence-electron chi connectivity index (χ2n) is 4.16. The van der Waals surface area contributed by atoms with E-state index in [2.05, 4.69) is 37.5 Å². The van der Waals surface area contributed by atoms with Gasteiger partial charge in [-0.2, -0.15) is 0 Å². The topological polar surface area (TPSA) is 38.7 Å². The second-order valence-corrected chi connectivity index (χ2v) is 5.68. The molecular formula is C14H9ClIN3. The fourth-order valence-electron chi connectivity index (χ4n) is 1.97. The number of benzene rings is 1. The molecule has 3 rings (SSSR count). The number of rotatable bonds is 1. The molecule has 0 amide bonds. The van der Waals surface area contributed by atoms with Crippen molar-refractivity contribution in [3.8, 4) is 11.4 Å². The van der Waals surface area contributed by atoms with Crippen LogP contribution in [0.25, 0.3) is 22.3 Å². The number of aryl methyl sites for hydroxylation is 1. The lowest BCUT2D eigenvalue weighted by Crippen LogP contribution is -1.94. The van der Waals surface area contributed by atoms with E-state index in [4.69, 9.17) is 11.6 Å². The summed E-state index contributed by atoms with van der Waals surface area (Å²) in [5.41, 5.74) is 2.84. The molecule has 0 bridgehead atoms. The largest absolute Gasteiger partial charge is 0.253 e. The summed E-state index contributed by atoms with van der Waals surface area (Å²) in [6, 6.07) is 9.95. The number of hydrogen-bond donors (Lipinski definition) is 0. The molecule has 0 saturated carbocycles. The molecule has 5 heteroatoms. The summed E-state index contributed by atoms with van der Waals surface area (Å²) in [4.78, 5) is 13.2. The van der Waals surface area contributed by atoms with Gasteiger partial charge in [-0.25, -0.2) is 9.97 Å². The van der Waals surface area contributed by atoms with Crippen molar-refractivity contribution in [2.24, 2.45) is 0 Å². The summed E-state index contributed by atoms with van der Waals surface area (Å²) in [5.74, 6) is 0.632. The van der Waals surface area contributed by atoms with Gasteiger partial charge in [0.15, 0.2) is 5.82 Å². The molecule has 0 atom stereocenters. The van der Waals surface area contributed by atoms with E-state index in [0.29, 0.717) is 11.0 Å². The second kappa shape index (κ2) is 5.02. The van der Waals surface area contributed by atoms with Gasteiger partial charge in [-0.15, -0.1) is 0 Å². The SMILES string of the molecule is Cc1cc(-c2ncc(I)c(Cl)n2)c2ccccc2n1. The van der Waals surface area contributed by atoms with Crippen molar-refractivity contribution < 1.29 is 0 Å². The van der Waals surface area contributed by atoms with Crippen LogP contribution in [-0.2, 0) is 0 Å². The zero-order valence-corrected chi connectivity index (χ0v) is 13.0. The Labute approximate surface area is 129 Å². The van der Waals surface area contributed by atoms with Gasteiger partial charge in [0.25, 0.3) is 0 Å². The van der Waals surface area contributed by atoms with Gasteiger partial charge in [-0.05, 0) is 41.6 Å². The summed E-state index contributed by atoms with van der Waals surface area (Å²) < 4.78 is 0.845. The summed E-state index contributed by atoms with van der Waals surface area (Å²) in [5, 5.41) is 1.51. The van der Waals surface area contributed by atoms with E-state index in [0.717, 1.165) is 25.7 Å². The first-order valence-corrected chi connectivity index (χ1v) is 7.15. The van der Waals surface area contributed by atoms with Gasteiger partial charge in [0.2, 0.25) is 0 Å². The molecule has 0 spiro atoms. The van der Waals surface area contributed by atoms with Gasteiger partial charge in [0.1, 0.15) is 5.15 Å². The first-order valence-electron chi connectivity index (χ1n) is 5.70. The van der Waals surface area contributed by atoms with E-state index < -0.39 is 0 Å². The van der Waals surface area contributed by atoms with Crippen LogP contribution >= 0.6 is 34.2 Å². The molecule has 0 fully saturated rings. The molecule has 0 saturated heterocycles. The summed E-state index contributed by atoms with van der Waals surface area (Å²) in [6.07, 6.45) is 1.73. The summed E-state index contributed by atoms with van der Waals surface area (Å²) in [6.45, 7) is 1.96. The number of pyridine rings is 1. The Morgan fingerprint density at radius 1 is 1.16 bits per heavy atom. The average molecular weight is 382 g/mol. The number of para-hydroxylation sites is 1. The average Bonchev–Trinajstić information content (AvgIpc) is 2.41. The minimum atomic E-state index is 0.476. The van der Waals surface area contributed by atoms with Gasteiger partial charge in [-0.3, -0.25) is 4.98 Å². The van der Waals surface area contributed by atoms with Crippen LogP contribution < -0.4 is 0 Å². The van der Waals surface area contributed by atoms with E-state index in [9.17, 15) is 0 Å². The molecule has 0 unspecified atom stereocenters. The third-order valence-electron chi connectivity index (χ3n) is 2.79. The van der Waals surface area contributed by atoms with Crippen molar-refractivity contribution in [1.29, 1.82) is 0 Å². The van der Waals surface area contributed by atoms with Crippen LogP contribution in [0.1, 0.15) is 5.69 Å². The van der Waals surface area contributed by atoms with E-state index in [1.54, 1.807) is 6.20 Å². The van der Waals surface area contributed by atoms with Gasteiger partial charge in [0, 0.05) is 22.8 Å². The van der Waals surface area contributed by atoms with Crippen molar-refractivity contribution in [3.63, 3.8) is 0 Å². The van der Waals surface area contributed by atoms with Gasteiger partial charge in [-0.1, -0.05) is 29.8 Å². The van der Waals surface area contributed by atoms with Gasteiger partial charge < -0.3 is 0 Å². The number of aromatic nitrogens is 3. The number of hydrogen-bond acceptors (Lipinski definition) is 3. The molecule has 1 aromatic carbocycles. The standard InChI is InChI=1S/C14H9ClIN3/c1-8-6-10(9-4-2-3-5-12(9)18-8)14-17-7-11(16)13(15)19-14/h2-7H,1H3. The van der Waals surface area contributed by atoms with Crippen molar-refractivity contribution in [2.45, 2.75) is 6.92 Å². The van der Waals surface area contributed by atoms with Crippen molar-refractivity contribution >= 4 is 45.1 Å². The quantitative estimate of drug-likeness (QED) is 0.467. The van der Waals surface area contributed by atoms with Gasteiger partial charge >= 0.3 is 0 Å². The zero-order chi connectivity index (χ0) is 13.4.